The van der Waals surface area contributed by atoms with Crippen LogP contribution < -0.4 is 10.1 Å². The van der Waals surface area contributed by atoms with Gasteiger partial charge in [0.1, 0.15) is 11.6 Å². The van der Waals surface area contributed by atoms with Crippen LogP contribution in [0.4, 0.5) is 10.1 Å². The molecule has 4 rings (SSSR count). The minimum atomic E-state index is -0.274. The van der Waals surface area contributed by atoms with Crippen LogP contribution in [0.3, 0.4) is 0 Å². The van der Waals surface area contributed by atoms with Crippen molar-refractivity contribution in [2.45, 2.75) is 32.3 Å². The van der Waals surface area contributed by atoms with E-state index in [-0.39, 0.29) is 23.7 Å². The summed E-state index contributed by atoms with van der Waals surface area (Å²) < 4.78 is 19.3. The van der Waals surface area contributed by atoms with Gasteiger partial charge in [0, 0.05) is 33.7 Å². The maximum atomic E-state index is 13.3. The third-order valence-corrected chi connectivity index (χ3v) is 5.70. The lowest BCUT2D eigenvalue weighted by Gasteiger charge is -2.26. The van der Waals surface area contributed by atoms with Crippen LogP contribution in [0.15, 0.2) is 53.9 Å². The molecule has 27 heavy (non-hydrogen) atoms. The first-order chi connectivity index (χ1) is 13.0. The number of hydrogen-bond acceptors (Lipinski definition) is 3. The number of halogens is 1. The van der Waals surface area contributed by atoms with Gasteiger partial charge in [0.15, 0.2) is 0 Å². The van der Waals surface area contributed by atoms with Gasteiger partial charge in [-0.05, 0) is 37.6 Å². The summed E-state index contributed by atoms with van der Waals surface area (Å²) in [5, 5.41) is 5.05. The van der Waals surface area contributed by atoms with Gasteiger partial charge in [-0.3, -0.25) is 4.79 Å². The highest BCUT2D eigenvalue weighted by Crippen LogP contribution is 2.48. The zero-order chi connectivity index (χ0) is 19.0. The van der Waals surface area contributed by atoms with Crippen LogP contribution in [0.2, 0.25) is 0 Å². The first-order valence-corrected chi connectivity index (χ1v) is 9.83. The highest BCUT2D eigenvalue weighted by molar-refractivity contribution is 7.11. The van der Waals surface area contributed by atoms with Gasteiger partial charge in [0.2, 0.25) is 5.91 Å². The second kappa shape index (κ2) is 7.16. The number of carbonyl (C=O) groups is 1. The van der Waals surface area contributed by atoms with Gasteiger partial charge in [0.05, 0.1) is 11.8 Å². The standard InChI is InChI=1S/C22H20FNO2S/c1-13(2)26-19-6-4-3-5-16(19)17-11-20(25)24-21-18(12-27-22(17)21)14-7-9-15(23)10-8-14/h3-10,12-13,17H,11H2,1-2H3,(H,24,25)/t17-/m1/s1. The van der Waals surface area contributed by atoms with Crippen molar-refractivity contribution in [1.29, 1.82) is 0 Å². The van der Waals surface area contributed by atoms with Crippen LogP contribution in [0, 0.1) is 5.82 Å². The second-order valence-electron chi connectivity index (χ2n) is 6.90. The third-order valence-electron chi connectivity index (χ3n) is 4.60. The highest BCUT2D eigenvalue weighted by atomic mass is 32.1. The lowest BCUT2D eigenvalue weighted by molar-refractivity contribution is -0.116. The predicted molar refractivity (Wildman–Crippen MR) is 107 cm³/mol. The highest BCUT2D eigenvalue weighted by Gasteiger charge is 2.32. The molecule has 138 valence electrons. The van der Waals surface area contributed by atoms with Gasteiger partial charge in [-0.15, -0.1) is 11.3 Å². The Labute approximate surface area is 161 Å². The van der Waals surface area contributed by atoms with E-state index < -0.39 is 0 Å². The summed E-state index contributed by atoms with van der Waals surface area (Å²) in [5.74, 6) is 0.468. The van der Waals surface area contributed by atoms with Crippen LogP contribution in [0.5, 0.6) is 5.75 Å². The fourth-order valence-corrected chi connectivity index (χ4v) is 4.60. The zero-order valence-corrected chi connectivity index (χ0v) is 16.0. The van der Waals surface area contributed by atoms with Gasteiger partial charge in [-0.2, -0.15) is 0 Å². The number of benzene rings is 2. The van der Waals surface area contributed by atoms with Crippen LogP contribution in [-0.2, 0) is 4.79 Å². The molecule has 0 spiro atoms. The van der Waals surface area contributed by atoms with Crippen molar-refractivity contribution in [2.24, 2.45) is 0 Å². The molecule has 0 fully saturated rings. The molecule has 0 aliphatic carbocycles. The number of ether oxygens (including phenoxy) is 1. The molecule has 1 atom stereocenters. The van der Waals surface area contributed by atoms with Gasteiger partial charge in [0.25, 0.3) is 0 Å². The van der Waals surface area contributed by atoms with E-state index in [2.05, 4.69) is 5.32 Å². The van der Waals surface area contributed by atoms with E-state index in [1.165, 1.54) is 12.1 Å². The predicted octanol–water partition coefficient (Wildman–Crippen LogP) is 5.82. The summed E-state index contributed by atoms with van der Waals surface area (Å²) in [7, 11) is 0. The van der Waals surface area contributed by atoms with Crippen LogP contribution in [0.25, 0.3) is 11.1 Å². The van der Waals surface area contributed by atoms with Gasteiger partial charge >= 0.3 is 0 Å². The number of thiophene rings is 1. The van der Waals surface area contributed by atoms with Gasteiger partial charge in [-0.25, -0.2) is 4.39 Å². The molecule has 1 aromatic heterocycles. The molecule has 1 aliphatic rings. The van der Waals surface area contributed by atoms with Crippen molar-refractivity contribution in [3.05, 3.63) is 70.2 Å². The maximum Gasteiger partial charge on any atom is 0.225 e. The quantitative estimate of drug-likeness (QED) is 0.619. The molecular weight excluding hydrogens is 361 g/mol. The number of para-hydroxylation sites is 1. The minimum absolute atomic E-state index is 0.0198. The summed E-state index contributed by atoms with van der Waals surface area (Å²) in [6, 6.07) is 14.3. The average molecular weight is 381 g/mol. The summed E-state index contributed by atoms with van der Waals surface area (Å²) in [6.07, 6.45) is 0.440. The molecule has 2 aromatic carbocycles. The van der Waals surface area contributed by atoms with Crippen molar-refractivity contribution >= 4 is 22.9 Å². The van der Waals surface area contributed by atoms with Crippen LogP contribution in [0.1, 0.15) is 36.6 Å². The van der Waals surface area contributed by atoms with E-state index in [4.69, 9.17) is 4.74 Å². The molecule has 3 aromatic rings. The first kappa shape index (κ1) is 17.7. The molecule has 1 N–H and O–H groups in total. The number of hydrogen-bond donors (Lipinski definition) is 1. The monoisotopic (exact) mass is 381 g/mol. The molecule has 0 bridgehead atoms. The van der Waals surface area contributed by atoms with E-state index >= 15 is 0 Å². The fraction of sp³-hybridized carbons (Fsp3) is 0.227. The van der Waals surface area contributed by atoms with Crippen molar-refractivity contribution in [3.8, 4) is 16.9 Å². The van der Waals surface area contributed by atoms with Crippen molar-refractivity contribution in [1.82, 2.24) is 0 Å². The largest absolute Gasteiger partial charge is 0.491 e. The van der Waals surface area contributed by atoms with Crippen LogP contribution >= 0.6 is 11.3 Å². The molecule has 5 heteroatoms. The molecule has 1 amide bonds. The molecule has 2 heterocycles. The number of fused-ring (bicyclic) bond motifs is 1. The second-order valence-corrected chi connectivity index (χ2v) is 7.82. The van der Waals surface area contributed by atoms with E-state index in [1.807, 2.05) is 43.5 Å². The molecule has 0 saturated heterocycles. The first-order valence-electron chi connectivity index (χ1n) is 8.95. The summed E-state index contributed by atoms with van der Waals surface area (Å²) in [5.41, 5.74) is 3.67. The van der Waals surface area contributed by atoms with E-state index in [9.17, 15) is 9.18 Å². The Hall–Kier alpha value is -2.66. The molecule has 0 unspecified atom stereocenters. The number of nitrogens with one attached hydrogen (secondary N) is 1. The fourth-order valence-electron chi connectivity index (χ4n) is 3.45. The lowest BCUT2D eigenvalue weighted by Crippen LogP contribution is -2.23. The van der Waals surface area contributed by atoms with E-state index in [1.54, 1.807) is 23.5 Å². The Kier molecular flexibility index (Phi) is 4.70. The molecular formula is C22H20FNO2S. The minimum Gasteiger partial charge on any atom is -0.491 e. The Bertz CT molecular complexity index is 978. The maximum absolute atomic E-state index is 13.3. The van der Waals surface area contributed by atoms with Crippen molar-refractivity contribution < 1.29 is 13.9 Å². The normalized spacial score (nSPS) is 16.1. The Morgan fingerprint density at radius 2 is 1.89 bits per heavy atom. The zero-order valence-electron chi connectivity index (χ0n) is 15.2. The Morgan fingerprint density at radius 3 is 2.63 bits per heavy atom. The molecule has 1 aliphatic heterocycles. The summed E-state index contributed by atoms with van der Waals surface area (Å²) in [4.78, 5) is 13.6. The number of anilines is 1. The molecule has 3 nitrogen and oxygen atoms in total. The summed E-state index contributed by atoms with van der Waals surface area (Å²) in [6.45, 7) is 3.99. The SMILES string of the molecule is CC(C)Oc1ccccc1[C@H]1CC(=O)Nc2c(-c3ccc(F)cc3)csc21. The van der Waals surface area contributed by atoms with Gasteiger partial charge in [-0.1, -0.05) is 30.3 Å². The smallest absolute Gasteiger partial charge is 0.225 e. The number of carbonyl (C=O) groups excluding carboxylic acids is 1. The van der Waals surface area contributed by atoms with E-state index in [0.29, 0.717) is 6.42 Å². The van der Waals surface area contributed by atoms with E-state index in [0.717, 1.165) is 33.0 Å². The summed E-state index contributed by atoms with van der Waals surface area (Å²) >= 11 is 1.62. The molecule has 0 saturated carbocycles. The van der Waals surface area contributed by atoms with Crippen LogP contribution in [-0.4, -0.2) is 12.0 Å². The topological polar surface area (TPSA) is 38.3 Å². The van der Waals surface area contributed by atoms with Gasteiger partial charge < -0.3 is 10.1 Å². The number of amides is 1. The van der Waals surface area contributed by atoms with Crippen molar-refractivity contribution in [2.75, 3.05) is 5.32 Å². The third kappa shape index (κ3) is 3.47. The average Bonchev–Trinajstić information content (AvgIpc) is 3.05. The Balaban J connectivity index is 1.79. The van der Waals surface area contributed by atoms with Crippen molar-refractivity contribution in [3.63, 3.8) is 0 Å². The number of rotatable bonds is 4. The lowest BCUT2D eigenvalue weighted by atomic mass is 9.88. The Morgan fingerprint density at radius 1 is 1.15 bits per heavy atom. The molecule has 0 radical (unpaired) electrons.